The number of carbonyl (C=O) groups is 1. The van der Waals surface area contributed by atoms with Crippen LogP contribution < -0.4 is 15.1 Å². The molecule has 2 aromatic carbocycles. The van der Waals surface area contributed by atoms with Gasteiger partial charge in [-0.3, -0.25) is 0 Å². The van der Waals surface area contributed by atoms with Crippen molar-refractivity contribution in [2.45, 2.75) is 20.5 Å². The lowest BCUT2D eigenvalue weighted by Crippen LogP contribution is -2.08. The second-order valence-electron chi connectivity index (χ2n) is 5.91. The number of carbonyl (C=O) groups excluding carboxylic acids is 1. The van der Waals surface area contributed by atoms with Gasteiger partial charge >= 0.3 is 11.6 Å². The largest absolute Gasteiger partial charge is 0.497 e. The number of fused-ring (bicyclic) bond motifs is 1. The maximum Gasteiger partial charge on any atom is 0.338 e. The summed E-state index contributed by atoms with van der Waals surface area (Å²) in [6, 6.07) is 11.7. The number of esters is 1. The summed E-state index contributed by atoms with van der Waals surface area (Å²) in [6.45, 7) is 4.02. The van der Waals surface area contributed by atoms with E-state index in [1.807, 2.05) is 19.9 Å². The Bertz CT molecular complexity index is 1030. The van der Waals surface area contributed by atoms with E-state index in [1.165, 1.54) is 13.2 Å². The summed E-state index contributed by atoms with van der Waals surface area (Å²) in [5, 5.41) is 0.769. The van der Waals surface area contributed by atoms with E-state index >= 15 is 0 Å². The van der Waals surface area contributed by atoms with Crippen molar-refractivity contribution in [3.05, 3.63) is 69.6 Å². The Kier molecular flexibility index (Phi) is 5.45. The number of benzene rings is 2. The van der Waals surface area contributed by atoms with E-state index in [9.17, 15) is 9.59 Å². The molecule has 0 amide bonds. The third-order valence-electron chi connectivity index (χ3n) is 4.13. The highest BCUT2D eigenvalue weighted by atomic mass is 16.5. The van der Waals surface area contributed by atoms with Gasteiger partial charge in [0.05, 0.1) is 24.8 Å². The first-order valence-corrected chi connectivity index (χ1v) is 8.53. The molecule has 3 rings (SSSR count). The van der Waals surface area contributed by atoms with Crippen LogP contribution in [0.5, 0.6) is 11.5 Å². The Morgan fingerprint density at radius 3 is 2.70 bits per heavy atom. The fourth-order valence-electron chi connectivity index (χ4n) is 2.82. The Morgan fingerprint density at radius 1 is 1.15 bits per heavy atom. The molecule has 27 heavy (non-hydrogen) atoms. The SMILES string of the molecule is CCOc1ccc2c(C)cc(=O)oc2c1COC(=O)c1cccc(OC)c1. The van der Waals surface area contributed by atoms with Crippen molar-refractivity contribution in [3.8, 4) is 11.5 Å². The predicted octanol–water partition coefficient (Wildman–Crippen LogP) is 3.87. The van der Waals surface area contributed by atoms with Crippen molar-refractivity contribution in [2.24, 2.45) is 0 Å². The van der Waals surface area contributed by atoms with E-state index < -0.39 is 11.6 Å². The van der Waals surface area contributed by atoms with Crippen molar-refractivity contribution in [1.82, 2.24) is 0 Å². The van der Waals surface area contributed by atoms with Gasteiger partial charge in [0, 0.05) is 11.5 Å². The molecular weight excluding hydrogens is 348 g/mol. The Hall–Kier alpha value is -3.28. The molecule has 3 aromatic rings. The summed E-state index contributed by atoms with van der Waals surface area (Å²) in [6.07, 6.45) is 0. The number of aryl methyl sites for hydroxylation is 1. The molecule has 1 aromatic heterocycles. The van der Waals surface area contributed by atoms with Crippen LogP contribution in [0.3, 0.4) is 0 Å². The van der Waals surface area contributed by atoms with E-state index in [4.69, 9.17) is 18.6 Å². The number of ether oxygens (including phenoxy) is 3. The van der Waals surface area contributed by atoms with Crippen LogP contribution in [-0.4, -0.2) is 19.7 Å². The Labute approximate surface area is 156 Å². The first-order valence-electron chi connectivity index (χ1n) is 8.53. The first kappa shape index (κ1) is 18.5. The minimum absolute atomic E-state index is 0.0882. The molecule has 0 bridgehead atoms. The molecule has 0 saturated heterocycles. The van der Waals surface area contributed by atoms with E-state index in [0.717, 1.165) is 10.9 Å². The minimum atomic E-state index is -0.511. The summed E-state index contributed by atoms with van der Waals surface area (Å²) in [7, 11) is 1.53. The smallest absolute Gasteiger partial charge is 0.338 e. The highest BCUT2D eigenvalue weighted by Crippen LogP contribution is 2.30. The van der Waals surface area contributed by atoms with Gasteiger partial charge in [0.25, 0.3) is 0 Å². The van der Waals surface area contributed by atoms with Crippen LogP contribution in [-0.2, 0) is 11.3 Å². The van der Waals surface area contributed by atoms with Gasteiger partial charge in [0.1, 0.15) is 23.7 Å². The van der Waals surface area contributed by atoms with Crippen molar-refractivity contribution < 1.29 is 23.4 Å². The zero-order valence-electron chi connectivity index (χ0n) is 15.4. The van der Waals surface area contributed by atoms with Gasteiger partial charge in [-0.25, -0.2) is 9.59 Å². The van der Waals surface area contributed by atoms with Crippen molar-refractivity contribution in [2.75, 3.05) is 13.7 Å². The second-order valence-corrected chi connectivity index (χ2v) is 5.91. The average molecular weight is 368 g/mol. The third-order valence-corrected chi connectivity index (χ3v) is 4.13. The summed E-state index contributed by atoms with van der Waals surface area (Å²) in [5.74, 6) is 0.562. The maximum absolute atomic E-state index is 12.4. The van der Waals surface area contributed by atoms with Crippen molar-refractivity contribution in [3.63, 3.8) is 0 Å². The van der Waals surface area contributed by atoms with E-state index in [2.05, 4.69) is 0 Å². The van der Waals surface area contributed by atoms with E-state index in [0.29, 0.717) is 34.8 Å². The van der Waals surface area contributed by atoms with E-state index in [-0.39, 0.29) is 6.61 Å². The van der Waals surface area contributed by atoms with Crippen LogP contribution in [0.4, 0.5) is 0 Å². The van der Waals surface area contributed by atoms with Crippen LogP contribution in [0, 0.1) is 6.92 Å². The highest BCUT2D eigenvalue weighted by Gasteiger charge is 2.16. The van der Waals surface area contributed by atoms with Gasteiger partial charge in [0.2, 0.25) is 0 Å². The predicted molar refractivity (Wildman–Crippen MR) is 101 cm³/mol. The molecule has 0 aliphatic carbocycles. The molecule has 0 aliphatic rings. The molecule has 0 radical (unpaired) electrons. The molecule has 1 heterocycles. The zero-order valence-corrected chi connectivity index (χ0v) is 15.4. The van der Waals surface area contributed by atoms with Crippen LogP contribution in [0.15, 0.2) is 51.7 Å². The van der Waals surface area contributed by atoms with Gasteiger partial charge < -0.3 is 18.6 Å². The van der Waals surface area contributed by atoms with Crippen molar-refractivity contribution >= 4 is 16.9 Å². The summed E-state index contributed by atoms with van der Waals surface area (Å²) < 4.78 is 21.6. The summed E-state index contributed by atoms with van der Waals surface area (Å²) in [5.41, 5.74) is 1.57. The third kappa shape index (κ3) is 3.95. The van der Waals surface area contributed by atoms with Crippen LogP contribution in [0.2, 0.25) is 0 Å². The molecule has 0 saturated carbocycles. The van der Waals surface area contributed by atoms with Crippen LogP contribution in [0.1, 0.15) is 28.4 Å². The molecule has 140 valence electrons. The Balaban J connectivity index is 1.96. The normalized spacial score (nSPS) is 10.6. The maximum atomic E-state index is 12.4. The fourth-order valence-corrected chi connectivity index (χ4v) is 2.82. The van der Waals surface area contributed by atoms with E-state index in [1.54, 1.807) is 30.3 Å². The zero-order chi connectivity index (χ0) is 19.4. The molecular formula is C21H20O6. The van der Waals surface area contributed by atoms with Gasteiger partial charge in [0.15, 0.2) is 0 Å². The fraction of sp³-hybridized carbons (Fsp3) is 0.238. The molecule has 0 unspecified atom stereocenters. The van der Waals surface area contributed by atoms with Crippen molar-refractivity contribution in [1.29, 1.82) is 0 Å². The van der Waals surface area contributed by atoms with Gasteiger partial charge in [-0.15, -0.1) is 0 Å². The van der Waals surface area contributed by atoms with Crippen LogP contribution in [0.25, 0.3) is 11.0 Å². The lowest BCUT2D eigenvalue weighted by molar-refractivity contribution is 0.0470. The van der Waals surface area contributed by atoms with Gasteiger partial charge in [-0.05, 0) is 49.7 Å². The van der Waals surface area contributed by atoms with Gasteiger partial charge in [-0.2, -0.15) is 0 Å². The number of hydrogen-bond donors (Lipinski definition) is 0. The number of rotatable bonds is 6. The molecule has 0 fully saturated rings. The standard InChI is InChI=1S/C21H20O6/c1-4-25-18-9-8-16-13(2)10-19(22)27-20(16)17(18)12-26-21(23)14-6-5-7-15(11-14)24-3/h5-11H,4,12H2,1-3H3. The molecule has 6 nitrogen and oxygen atoms in total. The number of hydrogen-bond acceptors (Lipinski definition) is 6. The van der Waals surface area contributed by atoms with Gasteiger partial charge in [-0.1, -0.05) is 6.07 Å². The lowest BCUT2D eigenvalue weighted by Gasteiger charge is -2.13. The number of methoxy groups -OCH3 is 1. The molecule has 0 N–H and O–H groups in total. The summed E-state index contributed by atoms with van der Waals surface area (Å²) in [4.78, 5) is 24.2. The molecule has 0 aliphatic heterocycles. The summed E-state index contributed by atoms with van der Waals surface area (Å²) >= 11 is 0. The molecule has 6 heteroatoms. The average Bonchev–Trinajstić information content (AvgIpc) is 2.67. The lowest BCUT2D eigenvalue weighted by atomic mass is 10.1. The highest BCUT2D eigenvalue weighted by molar-refractivity contribution is 5.90. The minimum Gasteiger partial charge on any atom is -0.497 e. The monoisotopic (exact) mass is 368 g/mol. The quantitative estimate of drug-likeness (QED) is 0.486. The van der Waals surface area contributed by atoms with Crippen LogP contribution >= 0.6 is 0 Å². The topological polar surface area (TPSA) is 75.0 Å². The molecule has 0 spiro atoms. The Morgan fingerprint density at radius 2 is 1.96 bits per heavy atom. The molecule has 0 atom stereocenters. The first-order chi connectivity index (χ1) is 13.0. The second kappa shape index (κ2) is 7.95.